The van der Waals surface area contributed by atoms with Crippen molar-refractivity contribution in [1.82, 2.24) is 9.88 Å². The molecule has 4 heteroatoms. The molecule has 2 N–H and O–H groups in total. The Hall–Kier alpha value is -1.81. The Morgan fingerprint density at radius 3 is 2.84 bits per heavy atom. The number of likely N-dealkylation sites (N-methyl/N-ethyl adjacent to an activating group) is 1. The molecule has 1 aromatic heterocycles. The van der Waals surface area contributed by atoms with Gasteiger partial charge >= 0.3 is 0 Å². The molecule has 0 aliphatic carbocycles. The van der Waals surface area contributed by atoms with Gasteiger partial charge in [0.2, 0.25) is 0 Å². The van der Waals surface area contributed by atoms with Gasteiger partial charge in [0.05, 0.1) is 0 Å². The van der Waals surface area contributed by atoms with Crippen LogP contribution in [0.5, 0.6) is 0 Å². The topological polar surface area (TPSA) is 45.4 Å². The largest absolute Gasteiger partial charge is 0.398 e. The van der Waals surface area contributed by atoms with Crippen molar-refractivity contribution in [2.45, 2.75) is 6.42 Å². The van der Waals surface area contributed by atoms with Gasteiger partial charge in [0.1, 0.15) is 0 Å². The summed E-state index contributed by atoms with van der Waals surface area (Å²) in [5.41, 5.74) is 8.12. The molecule has 0 bridgehead atoms. The molecule has 0 radical (unpaired) electrons. The lowest BCUT2D eigenvalue weighted by Crippen LogP contribution is -2.28. The quantitative estimate of drug-likeness (QED) is 0.792. The van der Waals surface area contributed by atoms with Crippen molar-refractivity contribution in [2.75, 3.05) is 43.9 Å². The molecule has 0 amide bonds. The van der Waals surface area contributed by atoms with Gasteiger partial charge < -0.3 is 15.5 Å². The second-order valence-electron chi connectivity index (χ2n) is 5.24. The number of pyridine rings is 1. The van der Waals surface area contributed by atoms with Gasteiger partial charge in [-0.2, -0.15) is 0 Å². The molecule has 2 heterocycles. The number of anilines is 2. The van der Waals surface area contributed by atoms with E-state index in [2.05, 4.69) is 34.0 Å². The lowest BCUT2D eigenvalue weighted by Gasteiger charge is -2.24. The van der Waals surface area contributed by atoms with E-state index in [9.17, 15) is 0 Å². The normalized spacial score (nSPS) is 17.6. The molecular weight excluding hydrogens is 236 g/mol. The predicted octanol–water partition coefficient (Wildman–Crippen LogP) is 1.96. The van der Waals surface area contributed by atoms with Gasteiger partial charge in [-0.25, -0.2) is 0 Å². The van der Waals surface area contributed by atoms with E-state index in [-0.39, 0.29) is 0 Å². The van der Waals surface area contributed by atoms with Crippen LogP contribution in [0.2, 0.25) is 0 Å². The third-order valence-electron chi connectivity index (χ3n) is 3.89. The number of rotatable bonds is 1. The van der Waals surface area contributed by atoms with Crippen LogP contribution in [0.4, 0.5) is 11.4 Å². The summed E-state index contributed by atoms with van der Waals surface area (Å²) >= 11 is 0. The van der Waals surface area contributed by atoms with Crippen molar-refractivity contribution in [3.63, 3.8) is 0 Å². The predicted molar refractivity (Wildman–Crippen MR) is 80.5 cm³/mol. The van der Waals surface area contributed by atoms with E-state index in [0.29, 0.717) is 0 Å². The van der Waals surface area contributed by atoms with Gasteiger partial charge in [0.15, 0.2) is 0 Å². The number of hydrogen-bond acceptors (Lipinski definition) is 4. The number of nitrogens with zero attached hydrogens (tertiary/aromatic N) is 3. The minimum Gasteiger partial charge on any atom is -0.398 e. The average Bonchev–Trinajstić information content (AvgIpc) is 2.65. The smallest absolute Gasteiger partial charge is 0.0449 e. The van der Waals surface area contributed by atoms with Crippen LogP contribution in [-0.4, -0.2) is 43.1 Å². The number of benzene rings is 1. The van der Waals surface area contributed by atoms with Gasteiger partial charge in [0, 0.05) is 54.2 Å². The van der Waals surface area contributed by atoms with Crippen LogP contribution in [0.3, 0.4) is 0 Å². The maximum absolute atomic E-state index is 6.04. The Kier molecular flexibility index (Phi) is 3.25. The van der Waals surface area contributed by atoms with Crippen LogP contribution in [-0.2, 0) is 0 Å². The number of nitrogens with two attached hydrogens (primary N) is 1. The van der Waals surface area contributed by atoms with Crippen molar-refractivity contribution in [3.8, 4) is 0 Å². The maximum Gasteiger partial charge on any atom is 0.0449 e. The summed E-state index contributed by atoms with van der Waals surface area (Å²) in [7, 11) is 2.19. The summed E-state index contributed by atoms with van der Waals surface area (Å²) in [6.45, 7) is 4.45. The van der Waals surface area contributed by atoms with Crippen molar-refractivity contribution in [2.24, 2.45) is 0 Å². The molecular formula is C15H20N4. The number of nitrogen functional groups attached to an aromatic ring is 1. The van der Waals surface area contributed by atoms with Crippen LogP contribution in [0.25, 0.3) is 10.8 Å². The zero-order chi connectivity index (χ0) is 13.2. The molecule has 1 aromatic carbocycles. The summed E-state index contributed by atoms with van der Waals surface area (Å²) in [4.78, 5) is 9.04. The Bertz CT molecular complexity index is 581. The Labute approximate surface area is 113 Å². The third-order valence-corrected chi connectivity index (χ3v) is 3.89. The van der Waals surface area contributed by atoms with E-state index in [1.54, 1.807) is 0 Å². The summed E-state index contributed by atoms with van der Waals surface area (Å²) in [5.74, 6) is 0. The molecule has 100 valence electrons. The summed E-state index contributed by atoms with van der Waals surface area (Å²) in [5, 5.41) is 2.26. The first-order valence-electron chi connectivity index (χ1n) is 6.81. The van der Waals surface area contributed by atoms with Gasteiger partial charge in [-0.3, -0.25) is 4.98 Å². The number of fused-ring (bicyclic) bond motifs is 1. The molecule has 0 atom stereocenters. The van der Waals surface area contributed by atoms with E-state index < -0.39 is 0 Å². The molecule has 19 heavy (non-hydrogen) atoms. The molecule has 1 fully saturated rings. The van der Waals surface area contributed by atoms with Crippen molar-refractivity contribution in [1.29, 1.82) is 0 Å². The molecule has 0 unspecified atom stereocenters. The standard InChI is InChI=1S/C15H20N4/c1-18-7-2-8-19(10-9-18)15-4-3-14(16)13-11-17-6-5-12(13)15/h3-6,11H,2,7-10,16H2,1H3. The lowest BCUT2D eigenvalue weighted by molar-refractivity contribution is 0.360. The fraction of sp³-hybridized carbons (Fsp3) is 0.400. The fourth-order valence-corrected chi connectivity index (χ4v) is 2.76. The minimum absolute atomic E-state index is 0.804. The maximum atomic E-state index is 6.04. The van der Waals surface area contributed by atoms with Gasteiger partial charge in [-0.1, -0.05) is 0 Å². The highest BCUT2D eigenvalue weighted by Crippen LogP contribution is 2.30. The molecule has 1 aliphatic heterocycles. The van der Waals surface area contributed by atoms with Gasteiger partial charge in [-0.05, 0) is 38.2 Å². The zero-order valence-electron chi connectivity index (χ0n) is 11.3. The number of aromatic nitrogens is 1. The first-order valence-corrected chi connectivity index (χ1v) is 6.81. The number of hydrogen-bond donors (Lipinski definition) is 1. The lowest BCUT2D eigenvalue weighted by atomic mass is 10.1. The van der Waals surface area contributed by atoms with Crippen molar-refractivity contribution < 1.29 is 0 Å². The highest BCUT2D eigenvalue weighted by Gasteiger charge is 2.15. The SMILES string of the molecule is CN1CCCN(c2ccc(N)c3cnccc23)CC1. The van der Waals surface area contributed by atoms with Crippen LogP contribution in [0.1, 0.15) is 6.42 Å². The van der Waals surface area contributed by atoms with E-state index in [0.717, 1.165) is 30.7 Å². The van der Waals surface area contributed by atoms with Gasteiger partial charge in [0.25, 0.3) is 0 Å². The molecule has 3 rings (SSSR count). The van der Waals surface area contributed by atoms with E-state index >= 15 is 0 Å². The van der Waals surface area contributed by atoms with E-state index in [4.69, 9.17) is 5.73 Å². The van der Waals surface area contributed by atoms with Crippen LogP contribution in [0.15, 0.2) is 30.6 Å². The minimum atomic E-state index is 0.804. The van der Waals surface area contributed by atoms with Gasteiger partial charge in [-0.15, -0.1) is 0 Å². The average molecular weight is 256 g/mol. The Balaban J connectivity index is 2.02. The van der Waals surface area contributed by atoms with Crippen molar-refractivity contribution in [3.05, 3.63) is 30.6 Å². The summed E-state index contributed by atoms with van der Waals surface area (Å²) in [6, 6.07) is 6.20. The summed E-state index contributed by atoms with van der Waals surface area (Å²) < 4.78 is 0. The molecule has 1 aliphatic rings. The zero-order valence-corrected chi connectivity index (χ0v) is 11.3. The molecule has 0 saturated carbocycles. The Morgan fingerprint density at radius 2 is 1.95 bits per heavy atom. The van der Waals surface area contributed by atoms with Crippen molar-refractivity contribution >= 4 is 22.1 Å². The molecule has 4 nitrogen and oxygen atoms in total. The molecule has 2 aromatic rings. The molecule has 0 spiro atoms. The monoisotopic (exact) mass is 256 g/mol. The van der Waals surface area contributed by atoms with Crippen LogP contribution < -0.4 is 10.6 Å². The second-order valence-corrected chi connectivity index (χ2v) is 5.24. The molecule has 1 saturated heterocycles. The third kappa shape index (κ3) is 2.36. The first kappa shape index (κ1) is 12.2. The van der Waals surface area contributed by atoms with Crippen LogP contribution in [0, 0.1) is 0 Å². The fourth-order valence-electron chi connectivity index (χ4n) is 2.76. The second kappa shape index (κ2) is 5.05. The van der Waals surface area contributed by atoms with E-state index in [1.807, 2.05) is 18.5 Å². The Morgan fingerprint density at radius 1 is 1.05 bits per heavy atom. The van der Waals surface area contributed by atoms with E-state index in [1.165, 1.54) is 24.0 Å². The highest BCUT2D eigenvalue weighted by atomic mass is 15.2. The van der Waals surface area contributed by atoms with Crippen LogP contribution >= 0.6 is 0 Å². The highest BCUT2D eigenvalue weighted by molar-refractivity contribution is 6.00. The first-order chi connectivity index (χ1) is 9.25. The summed E-state index contributed by atoms with van der Waals surface area (Å²) in [6.07, 6.45) is 4.90.